The summed E-state index contributed by atoms with van der Waals surface area (Å²) in [7, 11) is 1.52. The van der Waals surface area contributed by atoms with Gasteiger partial charge < -0.3 is 14.8 Å². The van der Waals surface area contributed by atoms with Gasteiger partial charge in [0.1, 0.15) is 5.75 Å². The van der Waals surface area contributed by atoms with E-state index in [1.807, 2.05) is 0 Å². The van der Waals surface area contributed by atoms with E-state index in [2.05, 4.69) is 12.2 Å². The van der Waals surface area contributed by atoms with Gasteiger partial charge in [0.15, 0.2) is 5.75 Å². The highest BCUT2D eigenvalue weighted by atomic mass is 35.5. The highest BCUT2D eigenvalue weighted by Gasteiger charge is 2.15. The van der Waals surface area contributed by atoms with E-state index >= 15 is 0 Å². The van der Waals surface area contributed by atoms with Gasteiger partial charge in [0.25, 0.3) is 5.91 Å². The topological polar surface area (TPSA) is 47.6 Å². The normalized spacial score (nSPS) is 10.4. The van der Waals surface area contributed by atoms with Crippen molar-refractivity contribution in [3.8, 4) is 11.5 Å². The minimum atomic E-state index is -0.356. The lowest BCUT2D eigenvalue weighted by Crippen LogP contribution is -2.12. The molecule has 25 heavy (non-hydrogen) atoms. The summed E-state index contributed by atoms with van der Waals surface area (Å²) in [5.41, 5.74) is 0.857. The first-order chi connectivity index (χ1) is 12.0. The minimum absolute atomic E-state index is 0.293. The lowest BCUT2D eigenvalue weighted by atomic mass is 10.2. The SMILES string of the molecule is CCCCOc1c(Cl)cc(C(=O)Nc2ccc(OC)c(Cl)c2)cc1Cl. The largest absolute Gasteiger partial charge is 0.495 e. The molecular weight excluding hydrogens is 385 g/mol. The van der Waals surface area contributed by atoms with Gasteiger partial charge in [0, 0.05) is 11.3 Å². The second-order valence-electron chi connectivity index (χ2n) is 5.27. The molecule has 2 aromatic carbocycles. The van der Waals surface area contributed by atoms with Crippen LogP contribution in [0, 0.1) is 0 Å². The number of halogens is 3. The summed E-state index contributed by atoms with van der Waals surface area (Å²) in [5.74, 6) is 0.560. The molecule has 0 bridgehead atoms. The van der Waals surface area contributed by atoms with Crippen LogP contribution in [0.3, 0.4) is 0 Å². The Hall–Kier alpha value is -1.62. The predicted molar refractivity (Wildman–Crippen MR) is 103 cm³/mol. The van der Waals surface area contributed by atoms with Gasteiger partial charge in [-0.2, -0.15) is 0 Å². The van der Waals surface area contributed by atoms with Crippen LogP contribution in [-0.4, -0.2) is 19.6 Å². The van der Waals surface area contributed by atoms with Crippen LogP contribution in [0.4, 0.5) is 5.69 Å². The van der Waals surface area contributed by atoms with Gasteiger partial charge in [-0.05, 0) is 36.8 Å². The highest BCUT2D eigenvalue weighted by Crippen LogP contribution is 2.35. The number of hydrogen-bond acceptors (Lipinski definition) is 3. The second kappa shape index (κ2) is 9.18. The number of hydrogen-bond donors (Lipinski definition) is 1. The molecule has 0 spiro atoms. The molecule has 0 saturated carbocycles. The fraction of sp³-hybridized carbons (Fsp3) is 0.278. The zero-order valence-corrected chi connectivity index (χ0v) is 16.1. The molecule has 1 amide bonds. The lowest BCUT2D eigenvalue weighted by molar-refractivity contribution is 0.102. The molecule has 1 N–H and O–H groups in total. The van der Waals surface area contributed by atoms with E-state index in [1.165, 1.54) is 19.2 Å². The smallest absolute Gasteiger partial charge is 0.255 e. The Bertz CT molecular complexity index is 742. The molecule has 2 rings (SSSR count). The first-order valence-corrected chi connectivity index (χ1v) is 8.86. The number of nitrogens with one attached hydrogen (secondary N) is 1. The maximum absolute atomic E-state index is 12.4. The molecule has 0 heterocycles. The average Bonchev–Trinajstić information content (AvgIpc) is 2.57. The Morgan fingerprint density at radius 2 is 1.76 bits per heavy atom. The summed E-state index contributed by atoms with van der Waals surface area (Å²) < 4.78 is 10.7. The fourth-order valence-electron chi connectivity index (χ4n) is 2.09. The van der Waals surface area contributed by atoms with E-state index in [1.54, 1.807) is 18.2 Å². The van der Waals surface area contributed by atoms with Crippen LogP contribution in [0.2, 0.25) is 15.1 Å². The molecule has 0 atom stereocenters. The van der Waals surface area contributed by atoms with E-state index in [0.29, 0.717) is 44.4 Å². The Morgan fingerprint density at radius 1 is 1.08 bits per heavy atom. The van der Waals surface area contributed by atoms with Crippen molar-refractivity contribution in [1.29, 1.82) is 0 Å². The van der Waals surface area contributed by atoms with Gasteiger partial charge in [0.05, 0.1) is 28.8 Å². The second-order valence-corrected chi connectivity index (χ2v) is 6.50. The van der Waals surface area contributed by atoms with Crippen LogP contribution < -0.4 is 14.8 Å². The summed E-state index contributed by atoms with van der Waals surface area (Å²) >= 11 is 18.5. The zero-order chi connectivity index (χ0) is 18.4. The molecule has 0 aliphatic heterocycles. The van der Waals surface area contributed by atoms with Gasteiger partial charge >= 0.3 is 0 Å². The maximum Gasteiger partial charge on any atom is 0.255 e. The molecule has 0 fully saturated rings. The molecule has 0 aromatic heterocycles. The standard InChI is InChI=1S/C18H18Cl3NO3/c1-3-4-7-25-17-14(20)8-11(9-15(17)21)18(23)22-12-5-6-16(24-2)13(19)10-12/h5-6,8-10H,3-4,7H2,1-2H3,(H,22,23). The molecule has 0 saturated heterocycles. The Balaban J connectivity index is 2.15. The van der Waals surface area contributed by atoms with Gasteiger partial charge in [-0.1, -0.05) is 48.1 Å². The van der Waals surface area contributed by atoms with Gasteiger partial charge in [-0.25, -0.2) is 0 Å². The van der Waals surface area contributed by atoms with Gasteiger partial charge in [-0.15, -0.1) is 0 Å². The fourth-order valence-corrected chi connectivity index (χ4v) is 2.95. The lowest BCUT2D eigenvalue weighted by Gasteiger charge is -2.12. The summed E-state index contributed by atoms with van der Waals surface area (Å²) in [6, 6.07) is 8.00. The summed E-state index contributed by atoms with van der Waals surface area (Å²) in [4.78, 5) is 12.4. The molecule has 7 heteroatoms. The summed E-state index contributed by atoms with van der Waals surface area (Å²) in [5, 5.41) is 3.72. The number of anilines is 1. The monoisotopic (exact) mass is 401 g/mol. The van der Waals surface area contributed by atoms with Crippen molar-refractivity contribution in [3.05, 3.63) is 51.0 Å². The van der Waals surface area contributed by atoms with Crippen molar-refractivity contribution in [2.45, 2.75) is 19.8 Å². The van der Waals surface area contributed by atoms with Crippen molar-refractivity contribution >= 4 is 46.4 Å². The third-order valence-electron chi connectivity index (χ3n) is 3.41. The number of amides is 1. The van der Waals surface area contributed by atoms with Crippen molar-refractivity contribution < 1.29 is 14.3 Å². The number of carbonyl (C=O) groups excluding carboxylic acids is 1. The van der Waals surface area contributed by atoms with Crippen LogP contribution in [0.15, 0.2) is 30.3 Å². The Morgan fingerprint density at radius 3 is 2.32 bits per heavy atom. The van der Waals surface area contributed by atoms with Crippen LogP contribution in [0.25, 0.3) is 0 Å². The van der Waals surface area contributed by atoms with E-state index in [4.69, 9.17) is 44.3 Å². The van der Waals surface area contributed by atoms with Crippen molar-refractivity contribution in [3.63, 3.8) is 0 Å². The first-order valence-electron chi connectivity index (χ1n) is 7.73. The molecular formula is C18H18Cl3NO3. The number of carbonyl (C=O) groups is 1. The van der Waals surface area contributed by atoms with E-state index < -0.39 is 0 Å². The summed E-state index contributed by atoms with van der Waals surface area (Å²) in [6.45, 7) is 2.58. The van der Waals surface area contributed by atoms with Crippen LogP contribution >= 0.6 is 34.8 Å². The van der Waals surface area contributed by atoms with Crippen LogP contribution in [0.1, 0.15) is 30.1 Å². The summed E-state index contributed by atoms with van der Waals surface area (Å²) in [6.07, 6.45) is 1.90. The van der Waals surface area contributed by atoms with Crippen LogP contribution in [-0.2, 0) is 0 Å². The molecule has 134 valence electrons. The van der Waals surface area contributed by atoms with Gasteiger partial charge in [-0.3, -0.25) is 4.79 Å². The number of benzene rings is 2. The highest BCUT2D eigenvalue weighted by molar-refractivity contribution is 6.38. The Labute approximate surface area is 162 Å². The third-order valence-corrected chi connectivity index (χ3v) is 4.27. The molecule has 2 aromatic rings. The number of methoxy groups -OCH3 is 1. The molecule has 0 unspecified atom stereocenters. The maximum atomic E-state index is 12.4. The number of rotatable bonds is 7. The first kappa shape index (κ1) is 19.7. The third kappa shape index (κ3) is 5.18. The Kier molecular flexibility index (Phi) is 7.24. The zero-order valence-electron chi connectivity index (χ0n) is 13.9. The number of ether oxygens (including phenoxy) is 2. The van der Waals surface area contributed by atoms with Gasteiger partial charge in [0.2, 0.25) is 0 Å². The molecule has 0 aliphatic carbocycles. The molecule has 0 aliphatic rings. The molecule has 4 nitrogen and oxygen atoms in total. The number of unbranched alkanes of at least 4 members (excludes halogenated alkanes) is 1. The van der Waals surface area contributed by atoms with Crippen LogP contribution in [0.5, 0.6) is 11.5 Å². The molecule has 0 radical (unpaired) electrons. The average molecular weight is 403 g/mol. The van der Waals surface area contributed by atoms with Crippen molar-refractivity contribution in [2.24, 2.45) is 0 Å². The van der Waals surface area contributed by atoms with E-state index in [-0.39, 0.29) is 5.91 Å². The van der Waals surface area contributed by atoms with E-state index in [0.717, 1.165) is 12.8 Å². The van der Waals surface area contributed by atoms with E-state index in [9.17, 15) is 4.79 Å². The predicted octanol–water partition coefficient (Wildman–Crippen LogP) is 6.09. The van der Waals surface area contributed by atoms with Crippen molar-refractivity contribution in [1.82, 2.24) is 0 Å². The quantitative estimate of drug-likeness (QED) is 0.570. The minimum Gasteiger partial charge on any atom is -0.495 e. The van der Waals surface area contributed by atoms with Crippen molar-refractivity contribution in [2.75, 3.05) is 19.0 Å².